The van der Waals surface area contributed by atoms with Crippen LogP contribution >= 0.6 is 0 Å². The van der Waals surface area contributed by atoms with Crippen molar-refractivity contribution in [1.29, 1.82) is 0 Å². The van der Waals surface area contributed by atoms with Gasteiger partial charge in [0.15, 0.2) is 0 Å². The molecule has 2 saturated heterocycles. The van der Waals surface area contributed by atoms with Gasteiger partial charge in [-0.2, -0.15) is 0 Å². The van der Waals surface area contributed by atoms with Crippen LogP contribution < -0.4 is 0 Å². The van der Waals surface area contributed by atoms with Crippen LogP contribution in [0, 0.1) is 5.41 Å². The lowest BCUT2D eigenvalue weighted by Crippen LogP contribution is -2.50. The van der Waals surface area contributed by atoms with Gasteiger partial charge in [-0.1, -0.05) is 19.3 Å². The topological polar surface area (TPSA) is 43.9 Å². The largest absolute Gasteiger partial charge is 0.304 e. The van der Waals surface area contributed by atoms with Crippen molar-refractivity contribution in [3.8, 4) is 0 Å². The van der Waals surface area contributed by atoms with Crippen LogP contribution in [0.2, 0.25) is 0 Å². The van der Waals surface area contributed by atoms with Gasteiger partial charge in [0.05, 0.1) is 12.1 Å². The second-order valence-electron chi connectivity index (χ2n) is 6.71. The Morgan fingerprint density at radius 3 is 2.30 bits per heavy atom. The average molecular weight is 279 g/mol. The normalized spacial score (nSPS) is 28.6. The molecule has 2 amide bonds. The van der Waals surface area contributed by atoms with E-state index in [0.29, 0.717) is 13.1 Å². The van der Waals surface area contributed by atoms with Crippen molar-refractivity contribution >= 4 is 11.8 Å². The Labute approximate surface area is 120 Å². The summed E-state index contributed by atoms with van der Waals surface area (Å²) in [7, 11) is 2.11. The van der Waals surface area contributed by atoms with Crippen molar-refractivity contribution in [3.05, 3.63) is 0 Å². The Hall–Kier alpha value is -0.940. The van der Waals surface area contributed by atoms with Gasteiger partial charge in [-0.25, -0.2) is 0 Å². The van der Waals surface area contributed by atoms with Gasteiger partial charge in [-0.05, 0) is 19.9 Å². The number of nitrogens with zero attached hydrogens (tertiary/aromatic N) is 3. The van der Waals surface area contributed by atoms with Gasteiger partial charge in [0.25, 0.3) is 0 Å². The van der Waals surface area contributed by atoms with Gasteiger partial charge in [-0.3, -0.25) is 19.4 Å². The third kappa shape index (κ3) is 2.49. The molecule has 3 fully saturated rings. The van der Waals surface area contributed by atoms with Crippen molar-refractivity contribution < 1.29 is 9.59 Å². The number of amides is 2. The van der Waals surface area contributed by atoms with Crippen LogP contribution in [0.15, 0.2) is 0 Å². The van der Waals surface area contributed by atoms with Crippen molar-refractivity contribution in [2.24, 2.45) is 5.41 Å². The molecule has 0 N–H and O–H groups in total. The van der Waals surface area contributed by atoms with Gasteiger partial charge < -0.3 is 4.90 Å². The number of carbonyl (C=O) groups excluding carboxylic acids is 2. The number of hydrogen-bond donors (Lipinski definition) is 0. The van der Waals surface area contributed by atoms with Crippen molar-refractivity contribution in [3.63, 3.8) is 0 Å². The molecule has 2 aliphatic heterocycles. The summed E-state index contributed by atoms with van der Waals surface area (Å²) in [6, 6.07) is 0. The second-order valence-corrected chi connectivity index (χ2v) is 6.71. The fourth-order valence-corrected chi connectivity index (χ4v) is 3.81. The Morgan fingerprint density at radius 1 is 1.00 bits per heavy atom. The van der Waals surface area contributed by atoms with E-state index in [1.54, 1.807) is 0 Å². The summed E-state index contributed by atoms with van der Waals surface area (Å²) in [5.74, 6) is 0.164. The highest BCUT2D eigenvalue weighted by Gasteiger charge is 2.51. The van der Waals surface area contributed by atoms with Crippen LogP contribution in [-0.4, -0.2) is 66.4 Å². The van der Waals surface area contributed by atoms with E-state index in [4.69, 9.17) is 0 Å². The van der Waals surface area contributed by atoms with E-state index in [9.17, 15) is 9.59 Å². The second kappa shape index (κ2) is 5.45. The highest BCUT2D eigenvalue weighted by atomic mass is 16.2. The summed E-state index contributed by atoms with van der Waals surface area (Å²) in [5.41, 5.74) is -0.331. The fourth-order valence-electron chi connectivity index (χ4n) is 3.81. The lowest BCUT2D eigenvalue weighted by molar-refractivity contribution is -0.145. The first kappa shape index (κ1) is 14.0. The molecule has 3 rings (SSSR count). The van der Waals surface area contributed by atoms with E-state index in [1.807, 2.05) is 0 Å². The van der Waals surface area contributed by atoms with Crippen molar-refractivity contribution in [2.45, 2.75) is 38.5 Å². The van der Waals surface area contributed by atoms with Gasteiger partial charge in [0, 0.05) is 32.6 Å². The minimum absolute atomic E-state index is 0.0517. The maximum Gasteiger partial charge on any atom is 0.237 e. The molecule has 1 saturated carbocycles. The summed E-state index contributed by atoms with van der Waals surface area (Å²) in [6.07, 6.45) is 5.69. The molecular weight excluding hydrogens is 254 g/mol. The zero-order chi connectivity index (χ0) is 14.2. The molecule has 0 aromatic rings. The van der Waals surface area contributed by atoms with Crippen LogP contribution in [0.3, 0.4) is 0 Å². The predicted octanol–water partition coefficient (Wildman–Crippen LogP) is 0.901. The van der Waals surface area contributed by atoms with Crippen LogP contribution in [0.25, 0.3) is 0 Å². The van der Waals surface area contributed by atoms with Crippen LogP contribution in [0.4, 0.5) is 0 Å². The Morgan fingerprint density at radius 2 is 1.65 bits per heavy atom. The quantitative estimate of drug-likeness (QED) is 0.705. The molecule has 0 aromatic heterocycles. The maximum absolute atomic E-state index is 12.7. The predicted molar refractivity (Wildman–Crippen MR) is 75.9 cm³/mol. The molecule has 5 heteroatoms. The standard InChI is InChI=1S/C15H25N3O2/c1-16-7-9-17(10-8-16)12-18-13(19)11-15(14(18)20)5-3-2-4-6-15/h2-12H2,1H3. The summed E-state index contributed by atoms with van der Waals surface area (Å²) < 4.78 is 0. The molecule has 1 spiro atoms. The monoisotopic (exact) mass is 279 g/mol. The molecule has 0 bridgehead atoms. The van der Waals surface area contributed by atoms with Gasteiger partial charge >= 0.3 is 0 Å². The summed E-state index contributed by atoms with van der Waals surface area (Å²) in [4.78, 5) is 31.0. The fraction of sp³-hybridized carbons (Fsp3) is 0.867. The van der Waals surface area contributed by atoms with Crippen molar-refractivity contribution in [1.82, 2.24) is 14.7 Å². The zero-order valence-corrected chi connectivity index (χ0v) is 12.4. The van der Waals surface area contributed by atoms with Gasteiger partial charge in [-0.15, -0.1) is 0 Å². The van der Waals surface area contributed by atoms with Gasteiger partial charge in [0.2, 0.25) is 11.8 Å². The van der Waals surface area contributed by atoms with E-state index in [0.717, 1.165) is 51.9 Å². The van der Waals surface area contributed by atoms with E-state index in [1.165, 1.54) is 11.3 Å². The maximum atomic E-state index is 12.7. The number of likely N-dealkylation sites (tertiary alicyclic amines) is 1. The first-order valence-electron chi connectivity index (χ1n) is 7.86. The third-order valence-electron chi connectivity index (χ3n) is 5.24. The number of piperazine rings is 1. The van der Waals surface area contributed by atoms with Crippen LogP contribution in [0.5, 0.6) is 0 Å². The molecule has 2 heterocycles. The number of imide groups is 1. The summed E-state index contributed by atoms with van der Waals surface area (Å²) >= 11 is 0. The Balaban J connectivity index is 1.65. The van der Waals surface area contributed by atoms with Crippen LogP contribution in [-0.2, 0) is 9.59 Å². The highest BCUT2D eigenvalue weighted by Crippen LogP contribution is 2.45. The van der Waals surface area contributed by atoms with Gasteiger partial charge in [0.1, 0.15) is 0 Å². The molecule has 0 unspecified atom stereocenters. The molecule has 20 heavy (non-hydrogen) atoms. The zero-order valence-electron chi connectivity index (χ0n) is 12.4. The molecular formula is C15H25N3O2. The first-order valence-corrected chi connectivity index (χ1v) is 7.86. The smallest absolute Gasteiger partial charge is 0.237 e. The van der Waals surface area contributed by atoms with E-state index < -0.39 is 0 Å². The number of hydrogen-bond acceptors (Lipinski definition) is 4. The highest BCUT2D eigenvalue weighted by molar-refractivity contribution is 6.05. The third-order valence-corrected chi connectivity index (χ3v) is 5.24. The summed E-state index contributed by atoms with van der Waals surface area (Å²) in [5, 5.41) is 0. The van der Waals surface area contributed by atoms with E-state index in [-0.39, 0.29) is 17.2 Å². The lowest BCUT2D eigenvalue weighted by Gasteiger charge is -2.35. The minimum atomic E-state index is -0.331. The molecule has 1 aliphatic carbocycles. The molecule has 0 atom stereocenters. The molecule has 0 radical (unpaired) electrons. The molecule has 0 aromatic carbocycles. The first-order chi connectivity index (χ1) is 9.61. The molecule has 5 nitrogen and oxygen atoms in total. The summed E-state index contributed by atoms with van der Waals surface area (Å²) in [6.45, 7) is 4.43. The lowest BCUT2D eigenvalue weighted by atomic mass is 9.73. The van der Waals surface area contributed by atoms with Crippen LogP contribution in [0.1, 0.15) is 38.5 Å². The number of likely N-dealkylation sites (N-methyl/N-ethyl adjacent to an activating group) is 1. The SMILES string of the molecule is CN1CCN(CN2C(=O)CC3(CCCCC3)C2=O)CC1. The Bertz CT molecular complexity index is 396. The molecule has 3 aliphatic rings. The number of rotatable bonds is 2. The average Bonchev–Trinajstić information content (AvgIpc) is 2.67. The molecule has 112 valence electrons. The van der Waals surface area contributed by atoms with E-state index in [2.05, 4.69) is 16.8 Å². The number of carbonyl (C=O) groups is 2. The van der Waals surface area contributed by atoms with E-state index >= 15 is 0 Å². The Kier molecular flexibility index (Phi) is 3.82. The van der Waals surface area contributed by atoms with Crippen molar-refractivity contribution in [2.75, 3.05) is 39.9 Å². The minimum Gasteiger partial charge on any atom is -0.304 e.